The van der Waals surface area contributed by atoms with Crippen molar-refractivity contribution in [3.63, 3.8) is 0 Å². The molecule has 0 aromatic rings. The van der Waals surface area contributed by atoms with E-state index in [-0.39, 0.29) is 31.1 Å². The molecule has 0 amide bonds. The van der Waals surface area contributed by atoms with E-state index in [1.165, 1.54) is 148 Å². The lowest BCUT2D eigenvalue weighted by atomic mass is 10.0. The first-order chi connectivity index (χ1) is 26.0. The first kappa shape index (κ1) is 51.1. The second-order valence-electron chi connectivity index (χ2n) is 15.7. The molecule has 0 saturated carbocycles. The monoisotopic (exact) mass is 749 g/mol. The Kier molecular flexibility index (Phi) is 41.4. The molecule has 6 heteroatoms. The molecule has 0 rings (SSSR count). The molecule has 0 N–H and O–H groups in total. The predicted octanol–water partition coefficient (Wildman–Crippen LogP) is 14.6. The number of hydrogen-bond acceptors (Lipinski definition) is 6. The van der Waals surface area contributed by atoms with Crippen LogP contribution in [0, 0.1) is 0 Å². The first-order valence-electron chi connectivity index (χ1n) is 23.2. The lowest BCUT2D eigenvalue weighted by Gasteiger charge is -2.18. The molecule has 1 atom stereocenters. The third-order valence-corrected chi connectivity index (χ3v) is 10.3. The fourth-order valence-corrected chi connectivity index (χ4v) is 6.73. The highest BCUT2D eigenvalue weighted by Crippen LogP contribution is 2.15. The minimum atomic E-state index is -0.764. The van der Waals surface area contributed by atoms with Gasteiger partial charge in [0.05, 0.1) is 0 Å². The number of ether oxygens (including phenoxy) is 3. The molecule has 0 aliphatic carbocycles. The van der Waals surface area contributed by atoms with Gasteiger partial charge < -0.3 is 14.2 Å². The Bertz CT molecular complexity index is 824. The highest BCUT2D eigenvalue weighted by Gasteiger charge is 2.19. The van der Waals surface area contributed by atoms with E-state index in [4.69, 9.17) is 14.2 Å². The number of hydrogen-bond donors (Lipinski definition) is 0. The summed E-state index contributed by atoms with van der Waals surface area (Å²) in [5.74, 6) is -0.870. The van der Waals surface area contributed by atoms with Gasteiger partial charge in [0.2, 0.25) is 0 Å². The predicted molar refractivity (Wildman–Crippen MR) is 224 cm³/mol. The number of esters is 3. The van der Waals surface area contributed by atoms with Crippen molar-refractivity contribution in [1.29, 1.82) is 0 Å². The fraction of sp³-hybridized carbons (Fsp3) is 0.894. The van der Waals surface area contributed by atoms with Crippen LogP contribution in [0.25, 0.3) is 0 Å². The van der Waals surface area contributed by atoms with Crippen LogP contribution in [0.2, 0.25) is 0 Å². The average molecular weight is 749 g/mol. The van der Waals surface area contributed by atoms with Gasteiger partial charge in [0.1, 0.15) is 13.2 Å². The summed E-state index contributed by atoms with van der Waals surface area (Å²) in [7, 11) is 0. The van der Waals surface area contributed by atoms with Gasteiger partial charge in [-0.3, -0.25) is 14.4 Å². The van der Waals surface area contributed by atoms with Crippen LogP contribution in [0.4, 0.5) is 0 Å². The summed E-state index contributed by atoms with van der Waals surface area (Å²) in [6.45, 7) is 6.61. The SMILES string of the molecule is CCCCC/C=C\CCCCCCCC(=O)OCC(COC(=O)CCCCCCCCCCCCC)OC(=O)CCCCCCCCCCCCCC. The van der Waals surface area contributed by atoms with E-state index >= 15 is 0 Å². The summed E-state index contributed by atoms with van der Waals surface area (Å²) in [6.07, 6.45) is 44.7. The van der Waals surface area contributed by atoms with Crippen molar-refractivity contribution in [2.24, 2.45) is 0 Å². The van der Waals surface area contributed by atoms with E-state index in [0.717, 1.165) is 64.2 Å². The summed E-state index contributed by atoms with van der Waals surface area (Å²) in [5, 5.41) is 0. The van der Waals surface area contributed by atoms with Gasteiger partial charge in [-0.25, -0.2) is 0 Å². The van der Waals surface area contributed by atoms with Gasteiger partial charge in [0.25, 0.3) is 0 Å². The number of carbonyl (C=O) groups excluding carboxylic acids is 3. The Balaban J connectivity index is 4.35. The highest BCUT2D eigenvalue weighted by molar-refractivity contribution is 5.71. The van der Waals surface area contributed by atoms with Crippen molar-refractivity contribution in [1.82, 2.24) is 0 Å². The molecule has 0 aromatic heterocycles. The van der Waals surface area contributed by atoms with Crippen molar-refractivity contribution in [2.45, 2.75) is 258 Å². The Hall–Kier alpha value is -1.85. The maximum Gasteiger partial charge on any atom is 0.306 e. The van der Waals surface area contributed by atoms with Gasteiger partial charge in [-0.15, -0.1) is 0 Å². The van der Waals surface area contributed by atoms with Crippen LogP contribution in [-0.4, -0.2) is 37.2 Å². The van der Waals surface area contributed by atoms with Crippen LogP contribution in [0.15, 0.2) is 12.2 Å². The molecule has 0 heterocycles. The zero-order chi connectivity index (χ0) is 38.7. The van der Waals surface area contributed by atoms with E-state index in [0.29, 0.717) is 19.3 Å². The van der Waals surface area contributed by atoms with Crippen molar-refractivity contribution in [2.75, 3.05) is 13.2 Å². The molecule has 0 spiro atoms. The second-order valence-corrected chi connectivity index (χ2v) is 15.7. The lowest BCUT2D eigenvalue weighted by Crippen LogP contribution is -2.30. The van der Waals surface area contributed by atoms with E-state index in [1.54, 1.807) is 0 Å². The Morgan fingerprint density at radius 1 is 0.358 bits per heavy atom. The summed E-state index contributed by atoms with van der Waals surface area (Å²) >= 11 is 0. The van der Waals surface area contributed by atoms with Crippen LogP contribution in [0.1, 0.15) is 252 Å². The van der Waals surface area contributed by atoms with Crippen LogP contribution >= 0.6 is 0 Å². The van der Waals surface area contributed by atoms with Crippen molar-refractivity contribution in [3.05, 3.63) is 12.2 Å². The van der Waals surface area contributed by atoms with Crippen molar-refractivity contribution < 1.29 is 28.6 Å². The third kappa shape index (κ3) is 41.2. The molecule has 0 saturated heterocycles. The molecular weight excluding hydrogens is 661 g/mol. The number of allylic oxidation sites excluding steroid dienone is 2. The summed E-state index contributed by atoms with van der Waals surface area (Å²) < 4.78 is 16.7. The maximum atomic E-state index is 12.7. The molecule has 1 unspecified atom stereocenters. The molecule has 0 aliphatic heterocycles. The van der Waals surface area contributed by atoms with Crippen LogP contribution in [-0.2, 0) is 28.6 Å². The third-order valence-electron chi connectivity index (χ3n) is 10.3. The summed E-state index contributed by atoms with van der Waals surface area (Å²) in [6, 6.07) is 0. The molecule has 0 aromatic carbocycles. The summed E-state index contributed by atoms with van der Waals surface area (Å²) in [5.41, 5.74) is 0. The minimum absolute atomic E-state index is 0.0681. The standard InChI is InChI=1S/C47H88O6/c1-4-7-10-13-16-19-22-25-28-31-34-37-40-46(49)52-43-44(42-51-45(48)39-36-33-30-27-24-21-18-15-12-9-6-3)53-47(50)41-38-35-32-29-26-23-20-17-14-11-8-5-2/h16,19,44H,4-15,17-18,20-43H2,1-3H3/b19-16-. The first-order valence-corrected chi connectivity index (χ1v) is 23.2. The molecule has 53 heavy (non-hydrogen) atoms. The molecule has 312 valence electrons. The van der Waals surface area contributed by atoms with Gasteiger partial charge in [0, 0.05) is 19.3 Å². The number of unbranched alkanes of at least 4 members (excludes halogenated alkanes) is 29. The highest BCUT2D eigenvalue weighted by atomic mass is 16.6. The van der Waals surface area contributed by atoms with Crippen molar-refractivity contribution >= 4 is 17.9 Å². The fourth-order valence-electron chi connectivity index (χ4n) is 6.73. The van der Waals surface area contributed by atoms with Gasteiger partial charge in [-0.05, 0) is 44.9 Å². The second kappa shape index (κ2) is 42.9. The zero-order valence-corrected chi connectivity index (χ0v) is 35.6. The van der Waals surface area contributed by atoms with E-state index in [2.05, 4.69) is 32.9 Å². The maximum absolute atomic E-state index is 12.7. The Morgan fingerprint density at radius 3 is 0.981 bits per heavy atom. The van der Waals surface area contributed by atoms with Crippen LogP contribution in [0.5, 0.6) is 0 Å². The normalized spacial score (nSPS) is 12.0. The largest absolute Gasteiger partial charge is 0.462 e. The van der Waals surface area contributed by atoms with Gasteiger partial charge >= 0.3 is 17.9 Å². The van der Waals surface area contributed by atoms with Crippen LogP contribution < -0.4 is 0 Å². The number of carbonyl (C=O) groups is 3. The molecule has 6 nitrogen and oxygen atoms in total. The Labute approximate surface area is 329 Å². The topological polar surface area (TPSA) is 78.9 Å². The van der Waals surface area contributed by atoms with Crippen molar-refractivity contribution in [3.8, 4) is 0 Å². The molecular formula is C47H88O6. The number of rotatable bonds is 42. The zero-order valence-electron chi connectivity index (χ0n) is 35.6. The Morgan fingerprint density at radius 2 is 0.623 bits per heavy atom. The van der Waals surface area contributed by atoms with E-state index < -0.39 is 6.10 Å². The molecule has 0 aliphatic rings. The molecule has 0 bridgehead atoms. The van der Waals surface area contributed by atoms with Gasteiger partial charge in [0.15, 0.2) is 6.10 Å². The van der Waals surface area contributed by atoms with Crippen LogP contribution in [0.3, 0.4) is 0 Å². The summed E-state index contributed by atoms with van der Waals surface area (Å²) in [4.78, 5) is 37.7. The quantitative estimate of drug-likeness (QED) is 0.0268. The van der Waals surface area contributed by atoms with Gasteiger partial charge in [-0.1, -0.05) is 200 Å². The van der Waals surface area contributed by atoms with E-state index in [1.807, 2.05) is 0 Å². The molecule has 0 radical (unpaired) electrons. The van der Waals surface area contributed by atoms with Gasteiger partial charge in [-0.2, -0.15) is 0 Å². The smallest absolute Gasteiger partial charge is 0.306 e. The molecule has 0 fully saturated rings. The van der Waals surface area contributed by atoms with E-state index in [9.17, 15) is 14.4 Å². The lowest BCUT2D eigenvalue weighted by molar-refractivity contribution is -0.167. The minimum Gasteiger partial charge on any atom is -0.462 e. The average Bonchev–Trinajstić information content (AvgIpc) is 3.15.